The van der Waals surface area contributed by atoms with Crippen LogP contribution in [0.5, 0.6) is 0 Å². The molecule has 0 saturated carbocycles. The largest absolute Gasteiger partial charge is 1.00 e. The molecule has 0 heterocycles. The maximum atomic E-state index is 10.5. The van der Waals surface area contributed by atoms with Crippen LogP contribution in [0, 0.1) is 0 Å². The molecule has 0 aliphatic heterocycles. The van der Waals surface area contributed by atoms with E-state index in [0.717, 1.165) is 13.0 Å². The molecule has 0 aromatic heterocycles. The van der Waals surface area contributed by atoms with Crippen molar-refractivity contribution in [2.45, 2.75) is 103 Å². The molecule has 1 unspecified atom stereocenters. The summed E-state index contributed by atoms with van der Waals surface area (Å²) in [5, 5.41) is 13.5. The van der Waals surface area contributed by atoms with Crippen LogP contribution < -0.4 is 40.0 Å². The van der Waals surface area contributed by atoms with Gasteiger partial charge in [0.25, 0.3) is 0 Å². The predicted molar refractivity (Wildman–Crippen MR) is 88.2 cm³/mol. The van der Waals surface area contributed by atoms with Gasteiger partial charge in [-0.25, -0.2) is 0 Å². The van der Waals surface area contributed by atoms with E-state index in [2.05, 4.69) is 12.2 Å². The second-order valence-electron chi connectivity index (χ2n) is 6.24. The standard InChI is InChI=1S/C18H37NO2.Na/c1-3-4-5-6-7-8-9-10-11-12-13-14-15-16-19-17(2)18(20)21;/h17,19H,3-16H2,1-2H3,(H,20,21);/q;+1/p-1. The smallest absolute Gasteiger partial charge is 0.548 e. The maximum Gasteiger partial charge on any atom is 1.00 e. The summed E-state index contributed by atoms with van der Waals surface area (Å²) in [6.45, 7) is 4.69. The Morgan fingerprint density at radius 1 is 0.818 bits per heavy atom. The summed E-state index contributed by atoms with van der Waals surface area (Å²) in [6.07, 6.45) is 17.4. The Kier molecular flexibility index (Phi) is 21.8. The van der Waals surface area contributed by atoms with Gasteiger partial charge in [-0.2, -0.15) is 0 Å². The van der Waals surface area contributed by atoms with E-state index in [4.69, 9.17) is 0 Å². The summed E-state index contributed by atoms with van der Waals surface area (Å²) in [5.74, 6) is -1.01. The molecule has 22 heavy (non-hydrogen) atoms. The van der Waals surface area contributed by atoms with Crippen LogP contribution in [0.15, 0.2) is 0 Å². The van der Waals surface area contributed by atoms with Crippen LogP contribution in [0.2, 0.25) is 0 Å². The number of unbranched alkanes of at least 4 members (excludes halogenated alkanes) is 12. The molecule has 0 radical (unpaired) electrons. The molecule has 0 amide bonds. The van der Waals surface area contributed by atoms with E-state index in [0.29, 0.717) is 0 Å². The SMILES string of the molecule is CCCCCCCCCCCCCCCNC(C)C(=O)[O-].[Na+]. The van der Waals surface area contributed by atoms with Crippen molar-refractivity contribution < 1.29 is 39.5 Å². The molecule has 126 valence electrons. The van der Waals surface area contributed by atoms with Crippen LogP contribution in [0.25, 0.3) is 0 Å². The Labute approximate surface area is 160 Å². The molecule has 3 nitrogen and oxygen atoms in total. The summed E-state index contributed by atoms with van der Waals surface area (Å²) in [4.78, 5) is 10.5. The van der Waals surface area contributed by atoms with Crippen LogP contribution in [0.4, 0.5) is 0 Å². The quantitative estimate of drug-likeness (QED) is 0.338. The normalized spacial score (nSPS) is 11.9. The first-order valence-electron chi connectivity index (χ1n) is 9.12. The fourth-order valence-corrected chi connectivity index (χ4v) is 2.54. The predicted octanol–water partition coefficient (Wildman–Crippen LogP) is 0.810. The molecular weight excluding hydrogens is 285 g/mol. The molecule has 0 aromatic carbocycles. The molecular formula is C18H36NNaO2. The fraction of sp³-hybridized carbons (Fsp3) is 0.944. The molecule has 0 rings (SSSR count). The molecule has 0 bridgehead atoms. The second kappa shape index (κ2) is 19.5. The van der Waals surface area contributed by atoms with Gasteiger partial charge in [0.1, 0.15) is 0 Å². The van der Waals surface area contributed by atoms with Crippen LogP contribution >= 0.6 is 0 Å². The number of carboxylic acids is 1. The Morgan fingerprint density at radius 3 is 1.55 bits per heavy atom. The third kappa shape index (κ3) is 18.5. The first kappa shape index (κ1) is 24.7. The summed E-state index contributed by atoms with van der Waals surface area (Å²) in [7, 11) is 0. The van der Waals surface area contributed by atoms with Crippen molar-refractivity contribution in [3.05, 3.63) is 0 Å². The Morgan fingerprint density at radius 2 is 1.18 bits per heavy atom. The number of hydrogen-bond donors (Lipinski definition) is 1. The third-order valence-corrected chi connectivity index (χ3v) is 4.08. The van der Waals surface area contributed by atoms with Gasteiger partial charge in [0.15, 0.2) is 0 Å². The van der Waals surface area contributed by atoms with E-state index < -0.39 is 12.0 Å². The van der Waals surface area contributed by atoms with Gasteiger partial charge in [0.2, 0.25) is 0 Å². The van der Waals surface area contributed by atoms with Crippen LogP contribution in [0.3, 0.4) is 0 Å². The van der Waals surface area contributed by atoms with Crippen molar-refractivity contribution >= 4 is 5.97 Å². The zero-order valence-electron chi connectivity index (χ0n) is 15.3. The number of carboxylic acid groups (broad SMARTS) is 1. The number of nitrogens with one attached hydrogen (secondary N) is 1. The molecule has 0 spiro atoms. The van der Waals surface area contributed by atoms with Gasteiger partial charge >= 0.3 is 29.6 Å². The van der Waals surface area contributed by atoms with Crippen molar-refractivity contribution in [3.8, 4) is 0 Å². The molecule has 0 fully saturated rings. The van der Waals surface area contributed by atoms with Crippen LogP contribution in [-0.4, -0.2) is 18.6 Å². The van der Waals surface area contributed by atoms with E-state index in [1.165, 1.54) is 77.0 Å². The summed E-state index contributed by atoms with van der Waals surface area (Å²) >= 11 is 0. The third-order valence-electron chi connectivity index (χ3n) is 4.08. The van der Waals surface area contributed by atoms with Gasteiger partial charge < -0.3 is 15.2 Å². The molecule has 0 aliphatic carbocycles. The zero-order chi connectivity index (χ0) is 15.8. The number of carbonyl (C=O) groups is 1. The minimum absolute atomic E-state index is 0. The average Bonchev–Trinajstić information content (AvgIpc) is 2.47. The van der Waals surface area contributed by atoms with E-state index in [9.17, 15) is 9.90 Å². The zero-order valence-corrected chi connectivity index (χ0v) is 17.3. The van der Waals surface area contributed by atoms with E-state index in [-0.39, 0.29) is 29.6 Å². The van der Waals surface area contributed by atoms with E-state index in [1.54, 1.807) is 6.92 Å². The number of carbonyl (C=O) groups excluding carboxylic acids is 1. The Bertz CT molecular complexity index is 237. The first-order chi connectivity index (χ1) is 10.2. The van der Waals surface area contributed by atoms with Crippen LogP contribution in [-0.2, 0) is 4.79 Å². The fourth-order valence-electron chi connectivity index (χ4n) is 2.54. The Balaban J connectivity index is 0. The van der Waals surface area contributed by atoms with Gasteiger partial charge in [-0.1, -0.05) is 84.0 Å². The van der Waals surface area contributed by atoms with Crippen molar-refractivity contribution in [2.75, 3.05) is 6.54 Å². The van der Waals surface area contributed by atoms with E-state index in [1.807, 2.05) is 0 Å². The van der Waals surface area contributed by atoms with Gasteiger partial charge in [-0.3, -0.25) is 0 Å². The molecule has 1 N–H and O–H groups in total. The van der Waals surface area contributed by atoms with Gasteiger partial charge in [0, 0.05) is 6.04 Å². The van der Waals surface area contributed by atoms with Crippen molar-refractivity contribution in [3.63, 3.8) is 0 Å². The number of hydrogen-bond acceptors (Lipinski definition) is 3. The van der Waals surface area contributed by atoms with E-state index >= 15 is 0 Å². The number of aliphatic carboxylic acids is 1. The van der Waals surface area contributed by atoms with Crippen molar-refractivity contribution in [1.82, 2.24) is 5.32 Å². The number of rotatable bonds is 16. The average molecular weight is 321 g/mol. The monoisotopic (exact) mass is 321 g/mol. The van der Waals surface area contributed by atoms with Gasteiger partial charge in [-0.15, -0.1) is 0 Å². The minimum atomic E-state index is -1.01. The maximum absolute atomic E-state index is 10.5. The second-order valence-corrected chi connectivity index (χ2v) is 6.24. The summed E-state index contributed by atoms with van der Waals surface area (Å²) in [5.41, 5.74) is 0. The molecule has 0 aliphatic rings. The van der Waals surface area contributed by atoms with Crippen molar-refractivity contribution in [2.24, 2.45) is 0 Å². The topological polar surface area (TPSA) is 52.2 Å². The van der Waals surface area contributed by atoms with Gasteiger partial charge in [0.05, 0.1) is 5.97 Å². The Hall–Kier alpha value is 0.430. The first-order valence-corrected chi connectivity index (χ1v) is 9.12. The van der Waals surface area contributed by atoms with Gasteiger partial charge in [-0.05, 0) is 19.9 Å². The molecule has 4 heteroatoms. The summed E-state index contributed by atoms with van der Waals surface area (Å²) < 4.78 is 0. The van der Waals surface area contributed by atoms with Crippen molar-refractivity contribution in [1.29, 1.82) is 0 Å². The molecule has 1 atom stereocenters. The molecule has 0 saturated heterocycles. The summed E-state index contributed by atoms with van der Waals surface area (Å²) in [6, 6.07) is -0.526. The molecule has 0 aromatic rings. The minimum Gasteiger partial charge on any atom is -0.548 e. The van der Waals surface area contributed by atoms with Crippen LogP contribution in [0.1, 0.15) is 97.3 Å².